The molecule has 2 N–H and O–H groups in total. The van der Waals surface area contributed by atoms with Crippen LogP contribution in [0.2, 0.25) is 0 Å². The van der Waals surface area contributed by atoms with Crippen molar-refractivity contribution in [2.45, 2.75) is 0 Å². The van der Waals surface area contributed by atoms with Crippen LogP contribution in [0.15, 0.2) is 12.3 Å². The van der Waals surface area contributed by atoms with Gasteiger partial charge in [-0.15, -0.1) is 0 Å². The van der Waals surface area contributed by atoms with Gasteiger partial charge in [-0.1, -0.05) is 11.8 Å². The van der Waals surface area contributed by atoms with Crippen molar-refractivity contribution < 1.29 is 4.39 Å². The van der Waals surface area contributed by atoms with Crippen LogP contribution in [-0.4, -0.2) is 10.7 Å². The third-order valence-electron chi connectivity index (χ3n) is 1.18. The smallest absolute Gasteiger partial charge is 0.166 e. The number of hydrogen-bond donors (Lipinski definition) is 2. The summed E-state index contributed by atoms with van der Waals surface area (Å²) in [5.74, 6) is 5.15. The summed E-state index contributed by atoms with van der Waals surface area (Å²) in [6.45, 7) is 0. The molecule has 0 aliphatic heterocycles. The largest absolute Gasteiger partial charge is 0.381 e. The molecule has 0 aliphatic carbocycles. The number of halogens is 1. The Bertz CT molecular complexity index is 341. The summed E-state index contributed by atoms with van der Waals surface area (Å²) in [5.41, 5.74) is 5.68. The third-order valence-corrected chi connectivity index (χ3v) is 1.34. The molecule has 0 atom stereocenters. The van der Waals surface area contributed by atoms with Gasteiger partial charge in [-0.25, -0.2) is 9.37 Å². The van der Waals surface area contributed by atoms with E-state index >= 15 is 0 Å². The maximum atomic E-state index is 12.7. The Morgan fingerprint density at radius 3 is 3.00 bits per heavy atom. The van der Waals surface area contributed by atoms with Crippen LogP contribution in [0.1, 0.15) is 5.56 Å². The first-order valence-corrected chi connectivity index (χ1v) is 3.88. The van der Waals surface area contributed by atoms with Gasteiger partial charge in [0.2, 0.25) is 0 Å². The summed E-state index contributed by atoms with van der Waals surface area (Å²) in [6.07, 6.45) is 1.43. The monoisotopic (exact) mass is 182 g/mol. The molecule has 1 aromatic heterocycles. The molecule has 0 spiro atoms. The van der Waals surface area contributed by atoms with Crippen LogP contribution in [0, 0.1) is 17.7 Å². The number of hydrogen-bond acceptors (Lipinski definition) is 3. The predicted molar refractivity (Wildman–Crippen MR) is 49.3 cm³/mol. The summed E-state index contributed by atoms with van der Waals surface area (Å²) in [6, 6.07) is 1.25. The van der Waals surface area contributed by atoms with Gasteiger partial charge in [0.05, 0.1) is 5.75 Å². The van der Waals surface area contributed by atoms with Crippen molar-refractivity contribution >= 4 is 18.4 Å². The first-order valence-electron chi connectivity index (χ1n) is 3.25. The van der Waals surface area contributed by atoms with Crippen LogP contribution >= 0.6 is 12.6 Å². The van der Waals surface area contributed by atoms with Crippen LogP contribution < -0.4 is 5.73 Å². The molecule has 0 saturated heterocycles. The minimum Gasteiger partial charge on any atom is -0.381 e. The van der Waals surface area contributed by atoms with Crippen molar-refractivity contribution in [2.24, 2.45) is 0 Å². The van der Waals surface area contributed by atoms with Crippen molar-refractivity contribution in [1.82, 2.24) is 4.98 Å². The van der Waals surface area contributed by atoms with Gasteiger partial charge >= 0.3 is 0 Å². The minimum absolute atomic E-state index is 0.105. The molecule has 12 heavy (non-hydrogen) atoms. The number of nitrogens with two attached hydrogens (primary N) is 1. The van der Waals surface area contributed by atoms with Gasteiger partial charge < -0.3 is 5.73 Å². The lowest BCUT2D eigenvalue weighted by molar-refractivity contribution is 0.627. The van der Waals surface area contributed by atoms with E-state index in [1.165, 1.54) is 12.3 Å². The van der Waals surface area contributed by atoms with Gasteiger partial charge in [-0.2, -0.15) is 12.6 Å². The van der Waals surface area contributed by atoms with E-state index in [2.05, 4.69) is 29.5 Å². The first kappa shape index (κ1) is 8.88. The first-order chi connectivity index (χ1) is 5.74. The van der Waals surface area contributed by atoms with E-state index in [-0.39, 0.29) is 5.82 Å². The van der Waals surface area contributed by atoms with Crippen LogP contribution in [0.5, 0.6) is 0 Å². The lowest BCUT2D eigenvalue weighted by Crippen LogP contribution is -1.94. The van der Waals surface area contributed by atoms with Gasteiger partial charge in [0, 0.05) is 11.8 Å². The minimum atomic E-state index is -0.541. The standard InChI is InChI=1S/C8H7FN2S/c9-7-4-6(2-1-3-12)5-11-8(7)10/h4-5,12H,3H2,(H2,10,11). The van der Waals surface area contributed by atoms with E-state index in [1.807, 2.05) is 0 Å². The number of nitrogens with zero attached hydrogens (tertiary/aromatic N) is 1. The van der Waals surface area contributed by atoms with Crippen LogP contribution in [0.25, 0.3) is 0 Å². The highest BCUT2D eigenvalue weighted by Gasteiger charge is 1.98. The average Bonchev–Trinajstić information content (AvgIpc) is 2.07. The molecule has 62 valence electrons. The van der Waals surface area contributed by atoms with Crippen molar-refractivity contribution in [3.05, 3.63) is 23.6 Å². The molecule has 0 aliphatic rings. The molecule has 0 radical (unpaired) electrons. The second kappa shape index (κ2) is 3.98. The highest BCUT2D eigenvalue weighted by molar-refractivity contribution is 7.80. The highest BCUT2D eigenvalue weighted by Crippen LogP contribution is 2.06. The fourth-order valence-corrected chi connectivity index (χ4v) is 0.737. The molecular weight excluding hydrogens is 175 g/mol. The zero-order chi connectivity index (χ0) is 8.97. The third kappa shape index (κ3) is 2.14. The van der Waals surface area contributed by atoms with E-state index in [9.17, 15) is 4.39 Å². The van der Waals surface area contributed by atoms with Gasteiger partial charge in [0.1, 0.15) is 0 Å². The fourth-order valence-electron chi connectivity index (χ4n) is 0.658. The number of aromatic nitrogens is 1. The second-order valence-corrected chi connectivity index (χ2v) is 2.37. The highest BCUT2D eigenvalue weighted by atomic mass is 32.1. The molecule has 1 aromatic rings. The number of thiol groups is 1. The molecule has 0 amide bonds. The Hall–Kier alpha value is -1.21. The topological polar surface area (TPSA) is 38.9 Å². The number of rotatable bonds is 0. The summed E-state index contributed by atoms with van der Waals surface area (Å²) in [5, 5.41) is 0. The van der Waals surface area contributed by atoms with Crippen LogP contribution in [-0.2, 0) is 0 Å². The molecule has 0 unspecified atom stereocenters. The zero-order valence-electron chi connectivity index (χ0n) is 6.21. The molecule has 4 heteroatoms. The van der Waals surface area contributed by atoms with Crippen molar-refractivity contribution in [3.8, 4) is 11.8 Å². The van der Waals surface area contributed by atoms with Crippen molar-refractivity contribution in [2.75, 3.05) is 11.5 Å². The molecule has 0 aromatic carbocycles. The van der Waals surface area contributed by atoms with Gasteiger partial charge in [-0.3, -0.25) is 0 Å². The summed E-state index contributed by atoms with van der Waals surface area (Å²) in [4.78, 5) is 3.61. The summed E-state index contributed by atoms with van der Waals surface area (Å²) < 4.78 is 12.7. The molecular formula is C8H7FN2S. The fraction of sp³-hybridized carbons (Fsp3) is 0.125. The van der Waals surface area contributed by atoms with Crippen LogP contribution in [0.4, 0.5) is 10.2 Å². The Kier molecular flexibility index (Phi) is 2.94. The Labute approximate surface area is 75.4 Å². The van der Waals surface area contributed by atoms with E-state index < -0.39 is 5.82 Å². The normalized spacial score (nSPS) is 8.83. The lowest BCUT2D eigenvalue weighted by atomic mass is 10.3. The zero-order valence-corrected chi connectivity index (χ0v) is 7.11. The van der Waals surface area contributed by atoms with E-state index in [1.54, 1.807) is 0 Å². The molecule has 0 bridgehead atoms. The summed E-state index contributed by atoms with van der Waals surface area (Å²) in [7, 11) is 0. The number of pyridine rings is 1. The predicted octanol–water partition coefficient (Wildman–Crippen LogP) is 1.08. The van der Waals surface area contributed by atoms with Gasteiger partial charge in [0.25, 0.3) is 0 Å². The number of anilines is 1. The van der Waals surface area contributed by atoms with E-state index in [0.717, 1.165) is 0 Å². The molecule has 0 saturated carbocycles. The summed E-state index contributed by atoms with van der Waals surface area (Å²) >= 11 is 3.88. The van der Waals surface area contributed by atoms with Gasteiger partial charge in [0.15, 0.2) is 11.6 Å². The second-order valence-electron chi connectivity index (χ2n) is 2.05. The Morgan fingerprint density at radius 2 is 2.42 bits per heavy atom. The van der Waals surface area contributed by atoms with Crippen molar-refractivity contribution in [3.63, 3.8) is 0 Å². The number of nitrogen functional groups attached to an aromatic ring is 1. The average molecular weight is 182 g/mol. The molecule has 1 heterocycles. The molecule has 2 nitrogen and oxygen atoms in total. The van der Waals surface area contributed by atoms with Gasteiger partial charge in [-0.05, 0) is 6.07 Å². The van der Waals surface area contributed by atoms with Crippen LogP contribution in [0.3, 0.4) is 0 Å². The Morgan fingerprint density at radius 1 is 1.67 bits per heavy atom. The van der Waals surface area contributed by atoms with Crippen molar-refractivity contribution in [1.29, 1.82) is 0 Å². The van der Waals surface area contributed by atoms with E-state index in [4.69, 9.17) is 5.73 Å². The SMILES string of the molecule is Nc1ncc(C#CCS)cc1F. The molecule has 0 fully saturated rings. The Balaban J connectivity index is 2.97. The lowest BCUT2D eigenvalue weighted by Gasteiger charge is -1.94. The maximum Gasteiger partial charge on any atom is 0.166 e. The van der Waals surface area contributed by atoms with E-state index in [0.29, 0.717) is 11.3 Å². The maximum absolute atomic E-state index is 12.7. The quantitative estimate of drug-likeness (QED) is 0.465. The molecule has 1 rings (SSSR count).